The van der Waals surface area contributed by atoms with Crippen LogP contribution in [-0.2, 0) is 29.7 Å². The Morgan fingerprint density at radius 2 is 1.60 bits per heavy atom. The number of nitrogens with one attached hydrogen (secondary N) is 2. The van der Waals surface area contributed by atoms with Gasteiger partial charge in [-0.3, -0.25) is 0 Å². The van der Waals surface area contributed by atoms with Crippen LogP contribution < -0.4 is 10.6 Å². The fourth-order valence-electron chi connectivity index (χ4n) is 8.06. The fourth-order valence-corrected chi connectivity index (χ4v) is 8.92. The first-order valence-corrected chi connectivity index (χ1v) is 16.4. The largest absolute Gasteiger partial charge is 0.392 e. The van der Waals surface area contributed by atoms with Crippen LogP contribution in [0.25, 0.3) is 0 Å². The van der Waals surface area contributed by atoms with E-state index in [0.717, 1.165) is 64.4 Å². The zero-order valence-electron chi connectivity index (χ0n) is 24.5. The van der Waals surface area contributed by atoms with Crippen LogP contribution >= 0.6 is 11.8 Å². The van der Waals surface area contributed by atoms with Crippen LogP contribution in [0.15, 0.2) is 53.7 Å². The SMILES string of the molecule is Cn1nnnc1SC[C@@H]1C[C@H](c2ccc(CO)cc2)O[C@H](c2ccc(CNC(=O)NC34CC5CC(CC(C5)C3)C4)cc2)O1. The van der Waals surface area contributed by atoms with Crippen molar-refractivity contribution >= 4 is 17.8 Å². The predicted molar refractivity (Wildman–Crippen MR) is 161 cm³/mol. The van der Waals surface area contributed by atoms with Crippen LogP contribution in [0.5, 0.6) is 0 Å². The first-order chi connectivity index (χ1) is 20.9. The number of carbonyl (C=O) groups is 1. The molecule has 3 aromatic rings. The number of rotatable bonds is 9. The Bertz CT molecular complexity index is 1380. The van der Waals surface area contributed by atoms with E-state index in [0.29, 0.717) is 18.7 Å². The monoisotopic (exact) mass is 604 g/mol. The van der Waals surface area contributed by atoms with E-state index >= 15 is 0 Å². The lowest BCUT2D eigenvalue weighted by atomic mass is 9.53. The Hall–Kier alpha value is -2.99. The number of aryl methyl sites for hydroxylation is 1. The number of hydrogen-bond donors (Lipinski definition) is 3. The Kier molecular flexibility index (Phi) is 8.15. The summed E-state index contributed by atoms with van der Waals surface area (Å²) >= 11 is 1.56. The van der Waals surface area contributed by atoms with Crippen LogP contribution in [0.4, 0.5) is 4.79 Å². The van der Waals surface area contributed by atoms with Gasteiger partial charge in [-0.2, -0.15) is 0 Å². The molecule has 228 valence electrons. The van der Waals surface area contributed by atoms with Gasteiger partial charge in [0.2, 0.25) is 5.16 Å². The molecule has 0 spiro atoms. The summed E-state index contributed by atoms with van der Waals surface area (Å²) in [5, 5.41) is 28.4. The first kappa shape index (κ1) is 28.8. The molecule has 2 amide bonds. The molecule has 11 heteroatoms. The lowest BCUT2D eigenvalue weighted by Gasteiger charge is -2.56. The molecule has 2 heterocycles. The average molecular weight is 605 g/mol. The van der Waals surface area contributed by atoms with Crippen molar-refractivity contribution in [1.82, 2.24) is 30.8 Å². The molecule has 10 nitrogen and oxygen atoms in total. The third-order valence-corrected chi connectivity index (χ3v) is 10.9. The van der Waals surface area contributed by atoms with Gasteiger partial charge in [0.15, 0.2) is 6.29 Å². The van der Waals surface area contributed by atoms with Gasteiger partial charge in [-0.25, -0.2) is 9.48 Å². The highest BCUT2D eigenvalue weighted by Crippen LogP contribution is 2.55. The van der Waals surface area contributed by atoms with Crippen molar-refractivity contribution in [2.45, 2.75) is 87.3 Å². The zero-order valence-corrected chi connectivity index (χ0v) is 25.3. The Labute approximate surface area is 256 Å². The minimum Gasteiger partial charge on any atom is -0.392 e. The van der Waals surface area contributed by atoms with E-state index in [1.54, 1.807) is 16.4 Å². The molecular formula is C32H40N6O4S. The van der Waals surface area contributed by atoms with Gasteiger partial charge in [-0.05, 0) is 83.4 Å². The molecule has 8 rings (SSSR count). The average Bonchev–Trinajstić information content (AvgIpc) is 3.42. The number of aliphatic hydroxyl groups is 1. The predicted octanol–water partition coefficient (Wildman–Crippen LogP) is 4.81. The van der Waals surface area contributed by atoms with Crippen LogP contribution in [0.3, 0.4) is 0 Å². The van der Waals surface area contributed by atoms with E-state index in [-0.39, 0.29) is 30.4 Å². The number of tetrazole rings is 1. The highest BCUT2D eigenvalue weighted by Gasteiger charge is 2.51. The molecule has 3 N–H and O–H groups in total. The second-order valence-electron chi connectivity index (χ2n) is 13.0. The summed E-state index contributed by atoms with van der Waals surface area (Å²) in [7, 11) is 1.82. The smallest absolute Gasteiger partial charge is 0.315 e. The zero-order chi connectivity index (χ0) is 29.4. The quantitative estimate of drug-likeness (QED) is 0.298. The topological polar surface area (TPSA) is 123 Å². The number of hydrogen-bond acceptors (Lipinski definition) is 8. The van der Waals surface area contributed by atoms with Crippen LogP contribution in [0.2, 0.25) is 0 Å². The maximum Gasteiger partial charge on any atom is 0.315 e. The normalized spacial score (nSPS) is 31.2. The van der Waals surface area contributed by atoms with E-state index in [1.807, 2.05) is 55.6 Å². The van der Waals surface area contributed by atoms with Crippen LogP contribution in [0.1, 0.15) is 79.6 Å². The third-order valence-electron chi connectivity index (χ3n) is 9.72. The molecule has 3 atom stereocenters. The summed E-state index contributed by atoms with van der Waals surface area (Å²) in [6, 6.07) is 15.9. The van der Waals surface area contributed by atoms with Gasteiger partial charge in [0.25, 0.3) is 0 Å². The maximum absolute atomic E-state index is 12.9. The minimum absolute atomic E-state index is 0.00541. The number of nitrogens with zero attached hydrogens (tertiary/aromatic N) is 4. The summed E-state index contributed by atoms with van der Waals surface area (Å²) in [4.78, 5) is 12.9. The maximum atomic E-state index is 12.9. The summed E-state index contributed by atoms with van der Waals surface area (Å²) < 4.78 is 14.6. The number of amides is 2. The first-order valence-electron chi connectivity index (χ1n) is 15.4. The Balaban J connectivity index is 0.984. The molecule has 1 aromatic heterocycles. The lowest BCUT2D eigenvalue weighted by Crippen LogP contribution is -2.61. The van der Waals surface area contributed by atoms with Crippen LogP contribution in [0, 0.1) is 17.8 Å². The van der Waals surface area contributed by atoms with Gasteiger partial charge in [-0.15, -0.1) is 5.10 Å². The van der Waals surface area contributed by atoms with E-state index in [9.17, 15) is 9.90 Å². The van der Waals surface area contributed by atoms with E-state index in [1.165, 1.54) is 19.3 Å². The van der Waals surface area contributed by atoms with Crippen molar-refractivity contribution in [2.75, 3.05) is 5.75 Å². The fraction of sp³-hybridized carbons (Fsp3) is 0.562. The van der Waals surface area contributed by atoms with E-state index < -0.39 is 6.29 Å². The number of thioether (sulfide) groups is 1. The third kappa shape index (κ3) is 6.45. The van der Waals surface area contributed by atoms with E-state index in [2.05, 4.69) is 26.2 Å². The van der Waals surface area contributed by atoms with E-state index in [4.69, 9.17) is 9.47 Å². The number of aromatic nitrogens is 4. The molecule has 1 aliphatic heterocycles. The standard InChI is InChI=1S/C32H40N6O4S/c1-38-31(35-36-37-38)43-19-27-13-28(25-6-4-21(18-39)5-7-25)42-29(41-27)26-8-2-20(3-9-26)17-33-30(40)34-32-14-22-10-23(15-32)12-24(11-22)16-32/h2-9,22-24,27-29,39H,10-19H2,1H3,(H2,33,34,40)/t22?,23?,24?,27-,28+,29+,32?/m0/s1. The summed E-state index contributed by atoms with van der Waals surface area (Å²) in [5.74, 6) is 3.07. The Morgan fingerprint density at radius 1 is 0.953 bits per heavy atom. The highest BCUT2D eigenvalue weighted by atomic mass is 32.2. The summed E-state index contributed by atoms with van der Waals surface area (Å²) in [6.07, 6.45) is 7.41. The number of aliphatic hydroxyl groups excluding tert-OH is 1. The van der Waals surface area contributed by atoms with Crippen molar-refractivity contribution in [3.63, 3.8) is 0 Å². The summed E-state index contributed by atoms with van der Waals surface area (Å²) in [6.45, 7) is 0.476. The molecule has 4 bridgehead atoms. The Morgan fingerprint density at radius 3 is 2.23 bits per heavy atom. The number of ether oxygens (including phenoxy) is 2. The molecular weight excluding hydrogens is 564 g/mol. The molecule has 4 aliphatic carbocycles. The van der Waals surface area contributed by atoms with Gasteiger partial charge < -0.3 is 25.2 Å². The molecule has 4 saturated carbocycles. The summed E-state index contributed by atoms with van der Waals surface area (Å²) in [5.41, 5.74) is 3.87. The van der Waals surface area contributed by atoms with Crippen molar-refractivity contribution in [3.8, 4) is 0 Å². The second kappa shape index (κ2) is 12.2. The van der Waals surface area contributed by atoms with Gasteiger partial charge in [-0.1, -0.05) is 60.3 Å². The van der Waals surface area contributed by atoms with Gasteiger partial charge in [0.1, 0.15) is 0 Å². The van der Waals surface area contributed by atoms with Crippen molar-refractivity contribution in [2.24, 2.45) is 24.8 Å². The minimum atomic E-state index is -0.541. The molecule has 1 saturated heterocycles. The highest BCUT2D eigenvalue weighted by molar-refractivity contribution is 7.99. The van der Waals surface area contributed by atoms with Crippen molar-refractivity contribution in [3.05, 3.63) is 70.8 Å². The number of carbonyl (C=O) groups excluding carboxylic acids is 1. The molecule has 0 unspecified atom stereocenters. The lowest BCUT2D eigenvalue weighted by molar-refractivity contribution is -0.245. The number of benzene rings is 2. The van der Waals surface area contributed by atoms with Crippen LogP contribution in [-0.4, -0.2) is 48.7 Å². The van der Waals surface area contributed by atoms with Gasteiger partial charge in [0.05, 0.1) is 18.8 Å². The van der Waals surface area contributed by atoms with Gasteiger partial charge >= 0.3 is 6.03 Å². The molecule has 43 heavy (non-hydrogen) atoms. The van der Waals surface area contributed by atoms with Gasteiger partial charge in [0, 0.05) is 36.9 Å². The molecule has 0 radical (unpaired) electrons. The van der Waals surface area contributed by atoms with Crippen molar-refractivity contribution in [1.29, 1.82) is 0 Å². The molecule has 2 aromatic carbocycles. The number of urea groups is 1. The molecule has 5 aliphatic rings. The van der Waals surface area contributed by atoms with Crippen molar-refractivity contribution < 1.29 is 19.4 Å². The molecule has 5 fully saturated rings. The second-order valence-corrected chi connectivity index (χ2v) is 14.0.